The van der Waals surface area contributed by atoms with E-state index in [9.17, 15) is 0 Å². The third-order valence-electron chi connectivity index (χ3n) is 1.31. The zero-order valence-electron chi connectivity index (χ0n) is 5.82. The lowest BCUT2D eigenvalue weighted by Crippen LogP contribution is -1.97. The van der Waals surface area contributed by atoms with Crippen LogP contribution in [0.5, 0.6) is 0 Å². The summed E-state index contributed by atoms with van der Waals surface area (Å²) in [6.07, 6.45) is 6.60. The summed E-state index contributed by atoms with van der Waals surface area (Å²) in [5.41, 5.74) is 5.31. The van der Waals surface area contributed by atoms with Crippen LogP contribution in [0.4, 0.5) is 0 Å². The molecule has 2 N–H and O–H groups in total. The lowest BCUT2D eigenvalue weighted by molar-refractivity contribution is 0.638. The number of unbranched alkanes of at least 4 members (excludes halogenated alkanes) is 4. The predicted molar refractivity (Wildman–Crippen MR) is 39.9 cm³/mol. The van der Waals surface area contributed by atoms with Gasteiger partial charge in [-0.05, 0) is 13.0 Å². The van der Waals surface area contributed by atoms with E-state index in [1.165, 1.54) is 32.1 Å². The van der Waals surface area contributed by atoms with E-state index in [0.717, 1.165) is 6.54 Å². The first-order valence-corrected chi connectivity index (χ1v) is 3.62. The summed E-state index contributed by atoms with van der Waals surface area (Å²) in [7, 11) is 0. The van der Waals surface area contributed by atoms with Crippen LogP contribution in [0.2, 0.25) is 0 Å². The Bertz CT molecular complexity index is 33.9. The molecule has 0 aromatic carbocycles. The molecule has 0 fully saturated rings. The minimum atomic E-state index is 0. The van der Waals surface area contributed by atoms with Crippen molar-refractivity contribution in [3.05, 3.63) is 0 Å². The molecule has 0 unspecified atom stereocenters. The fraction of sp³-hybridized carbons (Fsp3) is 1.00. The van der Waals surface area contributed by atoms with Crippen LogP contribution in [0.3, 0.4) is 0 Å². The Kier molecular flexibility index (Phi) is 6.93. The molecule has 8 heavy (non-hydrogen) atoms. The molecule has 1 nitrogen and oxygen atoms in total. The highest BCUT2D eigenvalue weighted by Crippen LogP contribution is 2.00. The number of hydrogen-bond acceptors (Lipinski definition) is 1. The molecule has 1 heteroatoms. The van der Waals surface area contributed by atoms with Gasteiger partial charge in [-0.15, -0.1) is 0 Å². The van der Waals surface area contributed by atoms with Gasteiger partial charge in [-0.1, -0.05) is 32.6 Å². The van der Waals surface area contributed by atoms with Crippen molar-refractivity contribution < 1.29 is 1.43 Å². The molecule has 0 aromatic rings. The average molecular weight is 117 g/mol. The fourth-order valence-corrected chi connectivity index (χ4v) is 0.748. The van der Waals surface area contributed by atoms with Crippen LogP contribution < -0.4 is 5.73 Å². The summed E-state index contributed by atoms with van der Waals surface area (Å²) in [6, 6.07) is 0. The third kappa shape index (κ3) is 5.96. The quantitative estimate of drug-likeness (QED) is 0.549. The molecule has 0 spiro atoms. The van der Waals surface area contributed by atoms with E-state index in [0.29, 0.717) is 0 Å². The Morgan fingerprint density at radius 3 is 2.25 bits per heavy atom. The normalized spacial score (nSPS) is 9.75. The second-order valence-corrected chi connectivity index (χ2v) is 2.20. The van der Waals surface area contributed by atoms with Crippen molar-refractivity contribution in [1.29, 1.82) is 0 Å². The van der Waals surface area contributed by atoms with Gasteiger partial charge in [0.05, 0.1) is 0 Å². The SMILES string of the molecule is CCCCCCCN.[HH]. The molecule has 0 aliphatic rings. The maximum atomic E-state index is 5.31. The Balaban J connectivity index is 0. The minimum Gasteiger partial charge on any atom is -0.330 e. The summed E-state index contributed by atoms with van der Waals surface area (Å²) < 4.78 is 0. The fourth-order valence-electron chi connectivity index (χ4n) is 0.748. The molecule has 0 radical (unpaired) electrons. The van der Waals surface area contributed by atoms with E-state index in [4.69, 9.17) is 5.73 Å². The summed E-state index contributed by atoms with van der Waals surface area (Å²) >= 11 is 0. The van der Waals surface area contributed by atoms with Crippen molar-refractivity contribution in [2.45, 2.75) is 39.0 Å². The van der Waals surface area contributed by atoms with E-state index < -0.39 is 0 Å². The van der Waals surface area contributed by atoms with Crippen molar-refractivity contribution in [2.24, 2.45) is 5.73 Å². The Morgan fingerprint density at radius 1 is 1.12 bits per heavy atom. The predicted octanol–water partition coefficient (Wildman–Crippen LogP) is 2.16. The molecule has 0 atom stereocenters. The number of rotatable bonds is 5. The van der Waals surface area contributed by atoms with Crippen LogP contribution in [0.15, 0.2) is 0 Å². The highest BCUT2D eigenvalue weighted by atomic mass is 14.5. The van der Waals surface area contributed by atoms with E-state index in [-0.39, 0.29) is 1.43 Å². The van der Waals surface area contributed by atoms with Gasteiger partial charge in [-0.3, -0.25) is 0 Å². The number of nitrogens with two attached hydrogens (primary N) is 1. The van der Waals surface area contributed by atoms with Gasteiger partial charge < -0.3 is 5.73 Å². The van der Waals surface area contributed by atoms with E-state index in [1.54, 1.807) is 0 Å². The van der Waals surface area contributed by atoms with E-state index >= 15 is 0 Å². The smallest absolute Gasteiger partial charge is 0 e. The standard InChI is InChI=1S/C7H17N.H2/c1-2-3-4-5-6-7-8;/h2-8H2,1H3;1H. The van der Waals surface area contributed by atoms with Gasteiger partial charge in [0.1, 0.15) is 0 Å². The molecule has 0 saturated heterocycles. The lowest BCUT2D eigenvalue weighted by atomic mass is 10.2. The van der Waals surface area contributed by atoms with Crippen molar-refractivity contribution >= 4 is 0 Å². The van der Waals surface area contributed by atoms with Crippen LogP contribution in [0.25, 0.3) is 0 Å². The first-order valence-electron chi connectivity index (χ1n) is 3.62. The first-order chi connectivity index (χ1) is 3.91. The molecule has 0 heterocycles. The zero-order valence-corrected chi connectivity index (χ0v) is 5.82. The molecule has 52 valence electrons. The zero-order chi connectivity index (χ0) is 6.24. The molecular formula is C7H19N. The van der Waals surface area contributed by atoms with Crippen molar-refractivity contribution in [3.63, 3.8) is 0 Å². The van der Waals surface area contributed by atoms with Gasteiger partial charge in [-0.25, -0.2) is 0 Å². The monoisotopic (exact) mass is 117 g/mol. The second kappa shape index (κ2) is 6.96. The summed E-state index contributed by atoms with van der Waals surface area (Å²) in [6.45, 7) is 3.09. The van der Waals surface area contributed by atoms with Gasteiger partial charge in [0.2, 0.25) is 0 Å². The number of hydrogen-bond donors (Lipinski definition) is 1. The maximum absolute atomic E-state index is 5.31. The average Bonchev–Trinajstić information content (AvgIpc) is 1.81. The molecule has 0 aromatic heterocycles. The highest BCUT2D eigenvalue weighted by Gasteiger charge is 1.83. The van der Waals surface area contributed by atoms with Crippen LogP contribution in [0, 0.1) is 0 Å². The third-order valence-corrected chi connectivity index (χ3v) is 1.31. The van der Waals surface area contributed by atoms with Crippen molar-refractivity contribution in [2.75, 3.05) is 6.54 Å². The van der Waals surface area contributed by atoms with E-state index in [1.807, 2.05) is 0 Å². The largest absolute Gasteiger partial charge is 0.330 e. The van der Waals surface area contributed by atoms with E-state index in [2.05, 4.69) is 6.92 Å². The van der Waals surface area contributed by atoms with Gasteiger partial charge in [0.15, 0.2) is 0 Å². The lowest BCUT2D eigenvalue weighted by Gasteiger charge is -1.93. The molecule has 0 aliphatic carbocycles. The Morgan fingerprint density at radius 2 is 1.75 bits per heavy atom. The molecule has 0 rings (SSSR count). The molecule has 0 saturated carbocycles. The molecule has 0 amide bonds. The first kappa shape index (κ1) is 7.96. The van der Waals surface area contributed by atoms with Crippen molar-refractivity contribution in [1.82, 2.24) is 0 Å². The minimum absolute atomic E-state index is 0. The van der Waals surface area contributed by atoms with Crippen LogP contribution in [-0.2, 0) is 0 Å². The maximum Gasteiger partial charge on any atom is 0 e. The topological polar surface area (TPSA) is 26.0 Å². The molecule has 0 bridgehead atoms. The van der Waals surface area contributed by atoms with Crippen LogP contribution >= 0.6 is 0 Å². The molecular weight excluding hydrogens is 98.1 g/mol. The Labute approximate surface area is 53.8 Å². The van der Waals surface area contributed by atoms with Crippen LogP contribution in [0.1, 0.15) is 40.5 Å². The van der Waals surface area contributed by atoms with Gasteiger partial charge in [0.25, 0.3) is 0 Å². The summed E-state index contributed by atoms with van der Waals surface area (Å²) in [5, 5.41) is 0. The van der Waals surface area contributed by atoms with Gasteiger partial charge in [0, 0.05) is 1.43 Å². The summed E-state index contributed by atoms with van der Waals surface area (Å²) in [4.78, 5) is 0. The summed E-state index contributed by atoms with van der Waals surface area (Å²) in [5.74, 6) is 0. The molecule has 0 aliphatic heterocycles. The highest BCUT2D eigenvalue weighted by molar-refractivity contribution is 4.41. The van der Waals surface area contributed by atoms with Gasteiger partial charge in [-0.2, -0.15) is 0 Å². The second-order valence-electron chi connectivity index (χ2n) is 2.20. The van der Waals surface area contributed by atoms with Gasteiger partial charge >= 0.3 is 0 Å². The van der Waals surface area contributed by atoms with Crippen LogP contribution in [-0.4, -0.2) is 6.54 Å². The van der Waals surface area contributed by atoms with Crippen molar-refractivity contribution in [3.8, 4) is 0 Å². The Hall–Kier alpha value is -0.0400.